The van der Waals surface area contributed by atoms with Crippen LogP contribution in [0.25, 0.3) is 0 Å². The Labute approximate surface area is 174 Å². The van der Waals surface area contributed by atoms with E-state index in [9.17, 15) is 13.2 Å². The Bertz CT molecular complexity index is 982. The number of unbranched alkanes of at least 4 members (excludes halogenated alkanes) is 1. The van der Waals surface area contributed by atoms with E-state index in [-0.39, 0.29) is 17.3 Å². The summed E-state index contributed by atoms with van der Waals surface area (Å²) in [7, 11) is -3.75. The number of carbonyl (C=O) groups is 1. The highest BCUT2D eigenvalue weighted by atomic mass is 32.2. The number of carbonyl (C=O) groups excluding carboxylic acids is 1. The van der Waals surface area contributed by atoms with Gasteiger partial charge in [0.05, 0.1) is 23.8 Å². The zero-order valence-corrected chi connectivity index (χ0v) is 17.9. The molecular weight excluding hydrogens is 412 g/mol. The van der Waals surface area contributed by atoms with Crippen molar-refractivity contribution in [1.29, 1.82) is 0 Å². The van der Waals surface area contributed by atoms with E-state index >= 15 is 0 Å². The van der Waals surface area contributed by atoms with E-state index in [1.54, 1.807) is 11.0 Å². The molecule has 9 heteroatoms. The molecule has 2 aromatic rings. The van der Waals surface area contributed by atoms with Crippen LogP contribution in [0, 0.1) is 0 Å². The largest absolute Gasteiger partial charge is 0.338 e. The minimum absolute atomic E-state index is 0.0927. The van der Waals surface area contributed by atoms with Crippen LogP contribution in [0.2, 0.25) is 0 Å². The zero-order chi connectivity index (χ0) is 20.5. The molecule has 0 unspecified atom stereocenters. The zero-order valence-electron chi connectivity index (χ0n) is 16.2. The van der Waals surface area contributed by atoms with Crippen molar-refractivity contribution in [1.82, 2.24) is 4.72 Å². The van der Waals surface area contributed by atoms with E-state index in [1.807, 2.05) is 17.5 Å². The average Bonchev–Trinajstić information content (AvgIpc) is 3.33. The standard InChI is InChI=1S/C20H24N2O5S2/c1-2-3-9-22-18-8-7-16(29(24,25)21-14-15-6-4-12-28-15)13-17(18)20(19(22)23)26-10-5-11-27-20/h4,6-8,12-13,21H,2-3,5,9-11,14H2,1H3. The highest BCUT2D eigenvalue weighted by Crippen LogP contribution is 2.46. The molecule has 2 aliphatic heterocycles. The Morgan fingerprint density at radius 2 is 2.03 bits per heavy atom. The van der Waals surface area contributed by atoms with Gasteiger partial charge in [0.2, 0.25) is 10.0 Å². The van der Waals surface area contributed by atoms with E-state index in [2.05, 4.69) is 11.6 Å². The summed E-state index contributed by atoms with van der Waals surface area (Å²) in [6.45, 7) is 3.59. The third-order valence-electron chi connectivity index (χ3n) is 5.10. The van der Waals surface area contributed by atoms with Gasteiger partial charge in [-0.05, 0) is 42.5 Å². The molecule has 3 heterocycles. The summed E-state index contributed by atoms with van der Waals surface area (Å²) in [5.74, 6) is -1.82. The highest BCUT2D eigenvalue weighted by Gasteiger charge is 2.55. The number of hydrogen-bond donors (Lipinski definition) is 1. The molecule has 1 aromatic carbocycles. The lowest BCUT2D eigenvalue weighted by molar-refractivity contribution is -0.256. The van der Waals surface area contributed by atoms with Gasteiger partial charge in [0.25, 0.3) is 11.7 Å². The van der Waals surface area contributed by atoms with Crippen molar-refractivity contribution in [2.45, 2.75) is 43.4 Å². The molecule has 4 rings (SSSR count). The van der Waals surface area contributed by atoms with Gasteiger partial charge in [-0.15, -0.1) is 11.3 Å². The second-order valence-electron chi connectivity index (χ2n) is 7.06. The van der Waals surface area contributed by atoms with Crippen LogP contribution in [0.1, 0.15) is 36.6 Å². The fraction of sp³-hybridized carbons (Fsp3) is 0.450. The first-order valence-corrected chi connectivity index (χ1v) is 12.1. The number of thiophene rings is 1. The molecule has 29 heavy (non-hydrogen) atoms. The Kier molecular flexibility index (Phi) is 5.76. The van der Waals surface area contributed by atoms with Gasteiger partial charge in [-0.3, -0.25) is 4.79 Å². The Balaban J connectivity index is 1.69. The number of ether oxygens (including phenoxy) is 2. The van der Waals surface area contributed by atoms with Crippen molar-refractivity contribution in [3.8, 4) is 0 Å². The maximum Gasteiger partial charge on any atom is 0.292 e. The van der Waals surface area contributed by atoms with Gasteiger partial charge < -0.3 is 14.4 Å². The predicted molar refractivity (Wildman–Crippen MR) is 110 cm³/mol. The van der Waals surface area contributed by atoms with Gasteiger partial charge in [-0.25, -0.2) is 13.1 Å². The van der Waals surface area contributed by atoms with Crippen LogP contribution in [0.5, 0.6) is 0 Å². The Hall–Kier alpha value is -1.78. The molecule has 0 saturated carbocycles. The van der Waals surface area contributed by atoms with Crippen LogP contribution in [0.3, 0.4) is 0 Å². The van der Waals surface area contributed by atoms with Crippen LogP contribution in [-0.2, 0) is 36.6 Å². The molecule has 1 amide bonds. The molecule has 1 saturated heterocycles. The van der Waals surface area contributed by atoms with E-state index in [0.29, 0.717) is 37.4 Å². The molecular formula is C20H24N2O5S2. The van der Waals surface area contributed by atoms with E-state index in [0.717, 1.165) is 17.7 Å². The van der Waals surface area contributed by atoms with Crippen molar-refractivity contribution in [3.63, 3.8) is 0 Å². The number of anilines is 1. The molecule has 1 N–H and O–H groups in total. The smallest absolute Gasteiger partial charge is 0.292 e. The molecule has 2 aliphatic rings. The highest BCUT2D eigenvalue weighted by molar-refractivity contribution is 7.89. The number of sulfonamides is 1. The SMILES string of the molecule is CCCCN1C(=O)C2(OCCCO2)c2cc(S(=O)(=O)NCc3cccs3)ccc21. The maximum atomic E-state index is 13.2. The summed E-state index contributed by atoms with van der Waals surface area (Å²) >= 11 is 1.49. The number of nitrogens with zero attached hydrogens (tertiary/aromatic N) is 1. The van der Waals surface area contributed by atoms with Crippen LogP contribution < -0.4 is 9.62 Å². The number of amides is 1. The van der Waals surface area contributed by atoms with Crippen molar-refractivity contribution in [2.24, 2.45) is 0 Å². The quantitative estimate of drug-likeness (QED) is 0.721. The number of benzene rings is 1. The summed E-state index contributed by atoms with van der Waals surface area (Å²) < 4.78 is 40.0. The van der Waals surface area contributed by atoms with Crippen molar-refractivity contribution >= 4 is 33.0 Å². The lowest BCUT2D eigenvalue weighted by Crippen LogP contribution is -2.47. The van der Waals surface area contributed by atoms with Crippen molar-refractivity contribution in [2.75, 3.05) is 24.7 Å². The Morgan fingerprint density at radius 1 is 1.24 bits per heavy atom. The molecule has 1 aromatic heterocycles. The van der Waals surface area contributed by atoms with Crippen LogP contribution in [0.15, 0.2) is 40.6 Å². The van der Waals surface area contributed by atoms with Gasteiger partial charge in [0, 0.05) is 23.5 Å². The van der Waals surface area contributed by atoms with E-state index < -0.39 is 15.8 Å². The summed E-state index contributed by atoms with van der Waals surface area (Å²) in [5, 5.41) is 1.90. The topological polar surface area (TPSA) is 84.9 Å². The monoisotopic (exact) mass is 436 g/mol. The number of hydrogen-bond acceptors (Lipinski definition) is 6. The van der Waals surface area contributed by atoms with E-state index in [1.165, 1.54) is 23.5 Å². The number of rotatable bonds is 7. The predicted octanol–water partition coefficient (Wildman–Crippen LogP) is 2.96. The van der Waals surface area contributed by atoms with Crippen LogP contribution >= 0.6 is 11.3 Å². The molecule has 156 valence electrons. The molecule has 1 fully saturated rings. The summed E-state index contributed by atoms with van der Waals surface area (Å²) in [6.07, 6.45) is 2.47. The molecule has 7 nitrogen and oxygen atoms in total. The van der Waals surface area contributed by atoms with Crippen molar-refractivity contribution < 1.29 is 22.7 Å². The molecule has 1 spiro atoms. The van der Waals surface area contributed by atoms with Gasteiger partial charge >= 0.3 is 0 Å². The fourth-order valence-electron chi connectivity index (χ4n) is 3.60. The lowest BCUT2D eigenvalue weighted by Gasteiger charge is -2.32. The first kappa shape index (κ1) is 20.5. The third kappa shape index (κ3) is 3.73. The first-order valence-electron chi connectivity index (χ1n) is 9.74. The van der Waals surface area contributed by atoms with Gasteiger partial charge in [-0.1, -0.05) is 19.4 Å². The van der Waals surface area contributed by atoms with Gasteiger partial charge in [-0.2, -0.15) is 0 Å². The molecule has 0 aliphatic carbocycles. The molecule has 0 bridgehead atoms. The van der Waals surface area contributed by atoms with Crippen LogP contribution in [-0.4, -0.2) is 34.1 Å². The summed E-state index contributed by atoms with van der Waals surface area (Å²) in [5.41, 5.74) is 1.12. The third-order valence-corrected chi connectivity index (χ3v) is 7.38. The summed E-state index contributed by atoms with van der Waals surface area (Å²) in [4.78, 5) is 15.9. The van der Waals surface area contributed by atoms with Crippen molar-refractivity contribution in [3.05, 3.63) is 46.2 Å². The molecule has 0 radical (unpaired) electrons. The minimum Gasteiger partial charge on any atom is -0.338 e. The second kappa shape index (κ2) is 8.16. The number of nitrogens with one attached hydrogen (secondary N) is 1. The molecule has 0 atom stereocenters. The number of fused-ring (bicyclic) bond motifs is 2. The average molecular weight is 437 g/mol. The minimum atomic E-state index is -3.75. The Morgan fingerprint density at radius 3 is 2.72 bits per heavy atom. The second-order valence-corrected chi connectivity index (χ2v) is 9.86. The van der Waals surface area contributed by atoms with Gasteiger partial charge in [0.1, 0.15) is 0 Å². The normalized spacial score (nSPS) is 18.4. The van der Waals surface area contributed by atoms with Crippen LogP contribution in [0.4, 0.5) is 5.69 Å². The fourth-order valence-corrected chi connectivity index (χ4v) is 5.36. The maximum absolute atomic E-state index is 13.2. The lowest BCUT2D eigenvalue weighted by atomic mass is 10.1. The van der Waals surface area contributed by atoms with Gasteiger partial charge in [0.15, 0.2) is 0 Å². The van der Waals surface area contributed by atoms with E-state index in [4.69, 9.17) is 9.47 Å². The summed E-state index contributed by atoms with van der Waals surface area (Å²) in [6, 6.07) is 8.48. The first-order chi connectivity index (χ1) is 14.0.